The zero-order valence-electron chi connectivity index (χ0n) is 4.65. The van der Waals surface area contributed by atoms with Crippen LogP contribution in [0.15, 0.2) is 0 Å². The molecule has 0 radical (unpaired) electrons. The topological polar surface area (TPSA) is 61.5 Å². The molecule has 9 heavy (non-hydrogen) atoms. The zero-order valence-corrected chi connectivity index (χ0v) is 6.75. The Kier molecular flexibility index (Phi) is 4.76. The van der Waals surface area contributed by atoms with E-state index in [-0.39, 0.29) is 23.3 Å². The normalized spacial score (nSPS) is 35.2. The second kappa shape index (κ2) is 4.45. The average Bonchev–Trinajstić information content (AvgIpc) is 1.64. The molecule has 1 rings (SSSR count). The van der Waals surface area contributed by atoms with Crippen LogP contribution >= 0.6 is 8.25 Å². The summed E-state index contributed by atoms with van der Waals surface area (Å²) in [4.78, 5) is 0. The van der Waals surface area contributed by atoms with Crippen molar-refractivity contribution >= 4 is 8.25 Å². The minimum Gasteiger partial charge on any atom is -0.310 e. The van der Waals surface area contributed by atoms with Gasteiger partial charge >= 0.3 is 8.25 Å². The smallest absolute Gasteiger partial charge is 0.310 e. The predicted molar refractivity (Wildman–Crippen MR) is 28.6 cm³/mol. The fraction of sp³-hybridized carbons (Fsp3) is 1.00. The van der Waals surface area contributed by atoms with Gasteiger partial charge in [-0.25, -0.2) is 0 Å². The minimum absolute atomic E-state index is 0. The van der Waals surface area contributed by atoms with Crippen LogP contribution in [-0.2, 0) is 30.7 Å². The van der Waals surface area contributed by atoms with E-state index in [9.17, 15) is 4.57 Å². The van der Waals surface area contributed by atoms with E-state index < -0.39 is 8.25 Å². The van der Waals surface area contributed by atoms with Crippen molar-refractivity contribution in [2.75, 3.05) is 6.61 Å². The monoisotopic (exact) mass is 193 g/mol. The summed E-state index contributed by atoms with van der Waals surface area (Å²) in [5.74, 6) is 0. The Morgan fingerprint density at radius 2 is 2.33 bits per heavy atom. The van der Waals surface area contributed by atoms with Crippen LogP contribution in [0.3, 0.4) is 0 Å². The fourth-order valence-electron chi connectivity index (χ4n) is 0.475. The third-order valence-corrected chi connectivity index (χ3v) is 1.80. The molecule has 1 saturated heterocycles. The van der Waals surface area contributed by atoms with Gasteiger partial charge in [0.05, 0.1) is 6.61 Å². The van der Waals surface area contributed by atoms with E-state index in [4.69, 9.17) is 5.73 Å². The third-order valence-electron chi connectivity index (χ3n) is 0.870. The van der Waals surface area contributed by atoms with Gasteiger partial charge in [0, 0.05) is 23.5 Å². The van der Waals surface area contributed by atoms with Crippen LogP contribution in [0, 0.1) is 0 Å². The van der Waals surface area contributed by atoms with E-state index >= 15 is 0 Å². The zero-order chi connectivity index (χ0) is 5.98. The van der Waals surface area contributed by atoms with Crippen molar-refractivity contribution in [3.8, 4) is 0 Å². The molecule has 0 aromatic carbocycles. The summed E-state index contributed by atoms with van der Waals surface area (Å²) in [5.41, 5.74) is 5.25. The summed E-state index contributed by atoms with van der Waals surface area (Å²) in [6.07, 6.45) is 0.256. The Morgan fingerprint density at radius 3 is 2.67 bits per heavy atom. The van der Waals surface area contributed by atoms with Gasteiger partial charge in [0.2, 0.25) is 0 Å². The van der Waals surface area contributed by atoms with Crippen molar-refractivity contribution < 1.29 is 30.7 Å². The summed E-state index contributed by atoms with van der Waals surface area (Å²) >= 11 is 0. The molecule has 1 aliphatic rings. The molecule has 4 nitrogen and oxygen atoms in total. The average molecular weight is 193 g/mol. The van der Waals surface area contributed by atoms with Gasteiger partial charge in [0.15, 0.2) is 0 Å². The Balaban J connectivity index is 0.000000640. The van der Waals surface area contributed by atoms with Gasteiger partial charge in [-0.1, -0.05) is 0 Å². The molecule has 0 amide bonds. The van der Waals surface area contributed by atoms with Crippen molar-refractivity contribution in [3.63, 3.8) is 0 Å². The molecule has 0 aromatic rings. The first kappa shape index (κ1) is 9.63. The van der Waals surface area contributed by atoms with Crippen LogP contribution in [0.5, 0.6) is 0 Å². The molecule has 1 aliphatic heterocycles. The molecule has 0 saturated carbocycles. The van der Waals surface area contributed by atoms with Crippen molar-refractivity contribution in [3.05, 3.63) is 0 Å². The molecule has 0 bridgehead atoms. The van der Waals surface area contributed by atoms with E-state index in [0.29, 0.717) is 13.0 Å². The van der Waals surface area contributed by atoms with Gasteiger partial charge in [-0.05, 0) is 0 Å². The maximum atomic E-state index is 10.3. The summed E-state index contributed by atoms with van der Waals surface area (Å²) in [6, 6.07) is 0. The summed E-state index contributed by atoms with van der Waals surface area (Å²) in [6.45, 7) is 0.457. The number of nitrogens with two attached hydrogens (primary N) is 1. The third kappa shape index (κ3) is 3.36. The van der Waals surface area contributed by atoms with Crippen molar-refractivity contribution in [1.29, 1.82) is 0 Å². The van der Waals surface area contributed by atoms with E-state index in [0.717, 1.165) is 0 Å². The van der Waals surface area contributed by atoms with Crippen LogP contribution in [0.1, 0.15) is 6.42 Å². The van der Waals surface area contributed by atoms with Crippen LogP contribution in [-0.4, -0.2) is 12.8 Å². The second-order valence-corrected chi connectivity index (χ2v) is 2.57. The molecule has 0 aromatic heterocycles. The minimum atomic E-state index is -2.22. The van der Waals surface area contributed by atoms with Crippen LogP contribution in [0.4, 0.5) is 0 Å². The summed E-state index contributed by atoms with van der Waals surface area (Å²) in [5, 5.41) is 0. The fourth-order valence-corrected chi connectivity index (χ4v) is 1.19. The van der Waals surface area contributed by atoms with Gasteiger partial charge in [-0.15, -0.1) is 0 Å². The number of hydrogen-bond donors (Lipinski definition) is 1. The Hall–Kier alpha value is 0.629. The first-order chi connectivity index (χ1) is 3.79. The Bertz CT molecular complexity index is 111. The molecule has 2 atom stereocenters. The van der Waals surface area contributed by atoms with E-state index in [2.05, 4.69) is 9.05 Å². The summed E-state index contributed by atoms with van der Waals surface area (Å²) in [7, 11) is -2.22. The Labute approximate surface area is 64.5 Å². The maximum Gasteiger partial charge on any atom is 0.320 e. The van der Waals surface area contributed by atoms with Gasteiger partial charge in [0.25, 0.3) is 0 Å². The molecular weight excluding hydrogens is 185 g/mol. The van der Waals surface area contributed by atoms with Gasteiger partial charge in [-0.2, -0.15) is 0 Å². The van der Waals surface area contributed by atoms with Crippen LogP contribution in [0.25, 0.3) is 0 Å². The molecule has 6 heteroatoms. The van der Waals surface area contributed by atoms with Gasteiger partial charge in [0.1, 0.15) is 6.23 Å². The van der Waals surface area contributed by atoms with E-state index in [1.807, 2.05) is 0 Å². The van der Waals surface area contributed by atoms with Crippen molar-refractivity contribution in [1.82, 2.24) is 0 Å². The predicted octanol–water partition coefficient (Wildman–Crippen LogP) is 0.0953. The molecule has 0 aliphatic carbocycles. The molecule has 1 heterocycles. The Morgan fingerprint density at radius 1 is 1.67 bits per heavy atom. The first-order valence-corrected chi connectivity index (χ1v) is 3.60. The molecule has 1 fully saturated rings. The summed E-state index contributed by atoms with van der Waals surface area (Å²) < 4.78 is 19.5. The SMILES string of the molecule is NC1CCO[PH](=O)O1.[Fe]. The van der Waals surface area contributed by atoms with Crippen LogP contribution in [0.2, 0.25) is 0 Å². The molecule has 2 N–H and O–H groups in total. The van der Waals surface area contributed by atoms with Gasteiger partial charge in [-0.3, -0.25) is 9.09 Å². The first-order valence-electron chi connectivity index (χ1n) is 2.38. The molecule has 0 spiro atoms. The van der Waals surface area contributed by atoms with Crippen molar-refractivity contribution in [2.24, 2.45) is 5.73 Å². The molecule has 2 unspecified atom stereocenters. The standard InChI is InChI=1S/C3H8NO3P.Fe/c4-3-1-2-6-8(5)7-3;/h3,8H,1-2,4H2;. The number of rotatable bonds is 0. The quantitative estimate of drug-likeness (QED) is 0.437. The largest absolute Gasteiger partial charge is 0.320 e. The molecule has 56 valence electrons. The number of hydrogen-bond acceptors (Lipinski definition) is 4. The van der Waals surface area contributed by atoms with E-state index in [1.165, 1.54) is 0 Å². The van der Waals surface area contributed by atoms with Crippen LogP contribution < -0.4 is 5.73 Å². The maximum absolute atomic E-state index is 10.3. The van der Waals surface area contributed by atoms with Gasteiger partial charge < -0.3 is 10.3 Å². The second-order valence-electron chi connectivity index (χ2n) is 1.54. The molecular formula is C3H8FeNO3P. The van der Waals surface area contributed by atoms with Crippen molar-refractivity contribution in [2.45, 2.75) is 12.6 Å². The van der Waals surface area contributed by atoms with E-state index in [1.54, 1.807) is 0 Å².